The van der Waals surface area contributed by atoms with Crippen LogP contribution in [0.5, 0.6) is 0 Å². The Balaban J connectivity index is 1.83. The van der Waals surface area contributed by atoms with E-state index in [-0.39, 0.29) is 0 Å². The SMILES string of the molecule is Cc1cc(C)nc(N/C(=N/C(=S)Nc2ccccc2C)N2CCOCC2)n1. The van der Waals surface area contributed by atoms with Crippen LogP contribution in [-0.2, 0) is 4.74 Å². The van der Waals surface area contributed by atoms with Gasteiger partial charge in [-0.2, -0.15) is 4.99 Å². The molecule has 2 aromatic rings. The number of anilines is 2. The number of aryl methyl sites for hydroxylation is 3. The Bertz CT molecular complexity index is 828. The molecule has 0 bridgehead atoms. The van der Waals surface area contributed by atoms with E-state index in [0.717, 1.165) is 35.7 Å². The molecule has 1 aromatic carbocycles. The number of aliphatic imine (C=N–C) groups is 1. The summed E-state index contributed by atoms with van der Waals surface area (Å²) in [7, 11) is 0. The van der Waals surface area contributed by atoms with Gasteiger partial charge in [-0.25, -0.2) is 9.97 Å². The summed E-state index contributed by atoms with van der Waals surface area (Å²) in [4.78, 5) is 15.6. The number of para-hydroxylation sites is 1. The van der Waals surface area contributed by atoms with Gasteiger partial charge in [0.05, 0.1) is 13.2 Å². The van der Waals surface area contributed by atoms with E-state index >= 15 is 0 Å². The van der Waals surface area contributed by atoms with E-state index < -0.39 is 0 Å². The van der Waals surface area contributed by atoms with Crippen LogP contribution < -0.4 is 10.6 Å². The third kappa shape index (κ3) is 5.45. The quantitative estimate of drug-likeness (QED) is 0.468. The van der Waals surface area contributed by atoms with Crippen LogP contribution in [0.15, 0.2) is 35.3 Å². The number of ether oxygens (including phenoxy) is 1. The highest BCUT2D eigenvalue weighted by molar-refractivity contribution is 7.80. The van der Waals surface area contributed by atoms with Crippen LogP contribution in [0.4, 0.5) is 11.6 Å². The van der Waals surface area contributed by atoms with Crippen LogP contribution in [0.1, 0.15) is 17.0 Å². The molecule has 1 saturated heterocycles. The molecule has 0 saturated carbocycles. The van der Waals surface area contributed by atoms with E-state index in [1.54, 1.807) is 0 Å². The van der Waals surface area contributed by atoms with Gasteiger partial charge in [0.25, 0.3) is 0 Å². The number of hydrogen-bond acceptors (Lipinski definition) is 4. The van der Waals surface area contributed by atoms with Crippen molar-refractivity contribution < 1.29 is 4.74 Å². The molecule has 1 aromatic heterocycles. The molecule has 0 unspecified atom stereocenters. The van der Waals surface area contributed by atoms with Crippen molar-refractivity contribution >= 4 is 34.9 Å². The summed E-state index contributed by atoms with van der Waals surface area (Å²) >= 11 is 5.47. The number of nitrogens with zero attached hydrogens (tertiary/aromatic N) is 4. The Hall–Kier alpha value is -2.58. The molecular weight excluding hydrogens is 360 g/mol. The summed E-state index contributed by atoms with van der Waals surface area (Å²) in [6.07, 6.45) is 0. The van der Waals surface area contributed by atoms with Gasteiger partial charge in [-0.05, 0) is 50.7 Å². The summed E-state index contributed by atoms with van der Waals surface area (Å²) in [5.74, 6) is 1.13. The number of hydrogen-bond donors (Lipinski definition) is 2. The second-order valence-electron chi connectivity index (χ2n) is 6.38. The molecule has 7 nitrogen and oxygen atoms in total. The zero-order valence-corrected chi connectivity index (χ0v) is 16.6. The van der Waals surface area contributed by atoms with Crippen LogP contribution in [0.3, 0.4) is 0 Å². The average molecular weight is 385 g/mol. The topological polar surface area (TPSA) is 74.7 Å². The number of nitrogens with one attached hydrogen (secondary N) is 2. The van der Waals surface area contributed by atoms with Crippen molar-refractivity contribution in [3.63, 3.8) is 0 Å². The van der Waals surface area contributed by atoms with Gasteiger partial charge in [0.1, 0.15) is 0 Å². The summed E-state index contributed by atoms with van der Waals surface area (Å²) in [5.41, 5.74) is 3.84. The van der Waals surface area contributed by atoms with Gasteiger partial charge in [0, 0.05) is 30.2 Å². The molecule has 1 aliphatic rings. The summed E-state index contributed by atoms with van der Waals surface area (Å²) in [6, 6.07) is 9.89. The molecule has 1 aliphatic heterocycles. The number of benzene rings is 1. The van der Waals surface area contributed by atoms with Crippen molar-refractivity contribution in [1.82, 2.24) is 14.9 Å². The van der Waals surface area contributed by atoms with E-state index in [1.807, 2.05) is 51.1 Å². The maximum atomic E-state index is 5.47. The molecule has 27 heavy (non-hydrogen) atoms. The lowest BCUT2D eigenvalue weighted by molar-refractivity contribution is 0.0680. The molecule has 3 rings (SSSR count). The normalized spacial score (nSPS) is 14.8. The first-order chi connectivity index (χ1) is 13.0. The first-order valence-corrected chi connectivity index (χ1v) is 9.29. The van der Waals surface area contributed by atoms with Crippen molar-refractivity contribution in [1.29, 1.82) is 0 Å². The van der Waals surface area contributed by atoms with E-state index in [4.69, 9.17) is 17.0 Å². The van der Waals surface area contributed by atoms with Crippen molar-refractivity contribution in [3.8, 4) is 0 Å². The average Bonchev–Trinajstić information content (AvgIpc) is 2.63. The smallest absolute Gasteiger partial charge is 0.229 e. The molecule has 0 amide bonds. The molecule has 142 valence electrons. The molecular formula is C19H24N6OS. The molecule has 2 N–H and O–H groups in total. The number of aromatic nitrogens is 2. The van der Waals surface area contributed by atoms with Gasteiger partial charge in [-0.15, -0.1) is 0 Å². The highest BCUT2D eigenvalue weighted by Crippen LogP contribution is 2.14. The Morgan fingerprint density at radius 3 is 2.41 bits per heavy atom. The second-order valence-corrected chi connectivity index (χ2v) is 6.77. The number of morpholine rings is 1. The highest BCUT2D eigenvalue weighted by Gasteiger charge is 2.17. The number of thiocarbonyl (C=S) groups is 1. The van der Waals surface area contributed by atoms with Crippen LogP contribution in [0.2, 0.25) is 0 Å². The first kappa shape index (κ1) is 19.2. The highest BCUT2D eigenvalue weighted by atomic mass is 32.1. The lowest BCUT2D eigenvalue weighted by Crippen LogP contribution is -2.45. The molecule has 0 radical (unpaired) electrons. The fourth-order valence-corrected chi connectivity index (χ4v) is 2.98. The fourth-order valence-electron chi connectivity index (χ4n) is 2.79. The summed E-state index contributed by atoms with van der Waals surface area (Å²) in [6.45, 7) is 8.65. The zero-order chi connectivity index (χ0) is 19.2. The van der Waals surface area contributed by atoms with Crippen molar-refractivity contribution in [3.05, 3.63) is 47.3 Å². The lowest BCUT2D eigenvalue weighted by Gasteiger charge is -2.29. The first-order valence-electron chi connectivity index (χ1n) is 8.88. The van der Waals surface area contributed by atoms with Crippen LogP contribution in [-0.4, -0.2) is 52.2 Å². The molecule has 2 heterocycles. The summed E-state index contributed by atoms with van der Waals surface area (Å²) < 4.78 is 5.45. The van der Waals surface area contributed by atoms with Crippen LogP contribution in [0.25, 0.3) is 0 Å². The number of rotatable bonds is 2. The van der Waals surface area contributed by atoms with Crippen molar-refractivity contribution in [2.45, 2.75) is 20.8 Å². The minimum atomic E-state index is 0.377. The maximum absolute atomic E-state index is 5.47. The Morgan fingerprint density at radius 2 is 1.74 bits per heavy atom. The second kappa shape index (κ2) is 8.88. The van der Waals surface area contributed by atoms with Crippen LogP contribution >= 0.6 is 12.2 Å². The van der Waals surface area contributed by atoms with Crippen LogP contribution in [0, 0.1) is 20.8 Å². The van der Waals surface area contributed by atoms with E-state index in [9.17, 15) is 0 Å². The minimum Gasteiger partial charge on any atom is -0.378 e. The minimum absolute atomic E-state index is 0.377. The van der Waals surface area contributed by atoms with Gasteiger partial charge < -0.3 is 15.0 Å². The predicted octanol–water partition coefficient (Wildman–Crippen LogP) is 2.90. The van der Waals surface area contributed by atoms with Crippen molar-refractivity contribution in [2.75, 3.05) is 36.9 Å². The monoisotopic (exact) mass is 384 g/mol. The van der Waals surface area contributed by atoms with E-state index in [1.165, 1.54) is 0 Å². The zero-order valence-electron chi connectivity index (χ0n) is 15.8. The number of guanidine groups is 1. The summed E-state index contributed by atoms with van der Waals surface area (Å²) in [5, 5.41) is 6.80. The molecule has 8 heteroatoms. The van der Waals surface area contributed by atoms with E-state index in [0.29, 0.717) is 30.2 Å². The van der Waals surface area contributed by atoms with Gasteiger partial charge in [0.15, 0.2) is 0 Å². The Labute approximate surface area is 164 Å². The fraction of sp³-hybridized carbons (Fsp3) is 0.368. The Kier molecular flexibility index (Phi) is 6.31. The van der Waals surface area contributed by atoms with Gasteiger partial charge in [-0.1, -0.05) is 18.2 Å². The predicted molar refractivity (Wildman–Crippen MR) is 112 cm³/mol. The van der Waals surface area contributed by atoms with Gasteiger partial charge in [0.2, 0.25) is 17.0 Å². The van der Waals surface area contributed by atoms with Crippen molar-refractivity contribution in [2.24, 2.45) is 4.99 Å². The largest absolute Gasteiger partial charge is 0.378 e. The lowest BCUT2D eigenvalue weighted by atomic mass is 10.2. The molecule has 0 spiro atoms. The molecule has 0 atom stereocenters. The van der Waals surface area contributed by atoms with Gasteiger partial charge >= 0.3 is 0 Å². The third-order valence-corrected chi connectivity index (χ3v) is 4.30. The third-order valence-electron chi connectivity index (χ3n) is 4.11. The maximum Gasteiger partial charge on any atom is 0.229 e. The standard InChI is InChI=1S/C19H24N6OS/c1-13-6-4-5-7-16(13)22-19(27)24-18(25-8-10-26-11-9-25)23-17-20-14(2)12-15(3)21-17/h4-7,12H,8-11H2,1-3H3,(H2,20,21,22,23,24,27). The van der Waals surface area contributed by atoms with Gasteiger partial charge in [-0.3, -0.25) is 5.32 Å². The molecule has 1 fully saturated rings. The Morgan fingerprint density at radius 1 is 1.07 bits per heavy atom. The van der Waals surface area contributed by atoms with E-state index in [2.05, 4.69) is 30.5 Å². The molecule has 0 aliphatic carbocycles.